The van der Waals surface area contributed by atoms with Crippen LogP contribution in [0.15, 0.2) is 36.4 Å². The van der Waals surface area contributed by atoms with Crippen LogP contribution in [0.25, 0.3) is 0 Å². The lowest BCUT2D eigenvalue weighted by Gasteiger charge is -2.16. The van der Waals surface area contributed by atoms with Crippen molar-refractivity contribution < 1.29 is 14.3 Å². The minimum atomic E-state index is -0.0360. The van der Waals surface area contributed by atoms with Crippen LogP contribution in [0.5, 0.6) is 11.5 Å². The van der Waals surface area contributed by atoms with Crippen molar-refractivity contribution in [3.8, 4) is 11.5 Å². The number of carbonyl (C=O) groups excluding carboxylic acids is 1. The summed E-state index contributed by atoms with van der Waals surface area (Å²) in [5.41, 5.74) is 8.80. The maximum atomic E-state index is 12.4. The van der Waals surface area contributed by atoms with E-state index in [0.717, 1.165) is 11.3 Å². The molecule has 2 aromatic rings. The van der Waals surface area contributed by atoms with Gasteiger partial charge < -0.3 is 20.1 Å². The van der Waals surface area contributed by atoms with Gasteiger partial charge in [0.1, 0.15) is 0 Å². The molecule has 4 rings (SSSR count). The van der Waals surface area contributed by atoms with Crippen molar-refractivity contribution in [3.05, 3.63) is 47.5 Å². The van der Waals surface area contributed by atoms with Gasteiger partial charge in [0.2, 0.25) is 6.79 Å². The lowest BCUT2D eigenvalue weighted by atomic mass is 10.1. The first-order valence-electron chi connectivity index (χ1n) is 6.32. The number of nitrogens with zero attached hydrogens (tertiary/aromatic N) is 1. The molecule has 0 aliphatic carbocycles. The minimum absolute atomic E-state index is 0.0360. The van der Waals surface area contributed by atoms with Crippen LogP contribution in [0.1, 0.15) is 15.9 Å². The Morgan fingerprint density at radius 2 is 1.90 bits per heavy atom. The van der Waals surface area contributed by atoms with E-state index in [9.17, 15) is 4.79 Å². The molecule has 20 heavy (non-hydrogen) atoms. The van der Waals surface area contributed by atoms with Gasteiger partial charge in [-0.3, -0.25) is 4.79 Å². The van der Waals surface area contributed by atoms with Crippen LogP contribution >= 0.6 is 0 Å². The molecule has 0 unspecified atom stereocenters. The number of nitrogens with two attached hydrogens (primary N) is 1. The average molecular weight is 268 g/mol. The summed E-state index contributed by atoms with van der Waals surface area (Å²) in [6.07, 6.45) is 0. The molecule has 0 aromatic heterocycles. The van der Waals surface area contributed by atoms with Crippen LogP contribution in [0.3, 0.4) is 0 Å². The number of hydrogen-bond acceptors (Lipinski definition) is 4. The van der Waals surface area contributed by atoms with Crippen molar-refractivity contribution in [2.75, 3.05) is 17.4 Å². The van der Waals surface area contributed by atoms with Gasteiger partial charge in [0.15, 0.2) is 11.5 Å². The van der Waals surface area contributed by atoms with E-state index in [1.165, 1.54) is 0 Å². The number of carbonyl (C=O) groups is 1. The molecule has 5 nitrogen and oxygen atoms in total. The van der Waals surface area contributed by atoms with Gasteiger partial charge in [-0.1, -0.05) is 6.07 Å². The molecule has 0 saturated heterocycles. The zero-order valence-corrected chi connectivity index (χ0v) is 10.6. The molecular formula is C15H12N2O3. The smallest absolute Gasteiger partial charge is 0.259 e. The van der Waals surface area contributed by atoms with E-state index in [-0.39, 0.29) is 12.7 Å². The van der Waals surface area contributed by atoms with Gasteiger partial charge in [-0.2, -0.15) is 0 Å². The summed E-state index contributed by atoms with van der Waals surface area (Å²) in [5, 5.41) is 0. The Morgan fingerprint density at radius 3 is 2.80 bits per heavy atom. The summed E-state index contributed by atoms with van der Waals surface area (Å²) < 4.78 is 10.6. The fraction of sp³-hybridized carbons (Fsp3) is 0.133. The molecule has 2 aliphatic rings. The molecule has 0 radical (unpaired) electrons. The molecule has 2 heterocycles. The Hall–Kier alpha value is -2.69. The van der Waals surface area contributed by atoms with Crippen molar-refractivity contribution >= 4 is 17.3 Å². The molecule has 0 bridgehead atoms. The Kier molecular flexibility index (Phi) is 2.18. The van der Waals surface area contributed by atoms with E-state index < -0.39 is 0 Å². The van der Waals surface area contributed by atoms with E-state index >= 15 is 0 Å². The van der Waals surface area contributed by atoms with Gasteiger partial charge >= 0.3 is 0 Å². The number of fused-ring (bicyclic) bond motifs is 2. The SMILES string of the molecule is Nc1ccc2c(c1)C(=O)N(c1ccc3c(c1)OCO3)C2. The fourth-order valence-corrected chi connectivity index (χ4v) is 2.58. The second-order valence-electron chi connectivity index (χ2n) is 4.85. The van der Waals surface area contributed by atoms with Gasteiger partial charge in [-0.05, 0) is 29.8 Å². The Bertz CT molecular complexity index is 727. The van der Waals surface area contributed by atoms with Crippen LogP contribution < -0.4 is 20.1 Å². The molecule has 1 amide bonds. The largest absolute Gasteiger partial charge is 0.454 e. The topological polar surface area (TPSA) is 64.8 Å². The lowest BCUT2D eigenvalue weighted by molar-refractivity contribution is 0.0996. The minimum Gasteiger partial charge on any atom is -0.454 e. The molecule has 5 heteroatoms. The maximum absolute atomic E-state index is 12.4. The van der Waals surface area contributed by atoms with Gasteiger partial charge in [0.25, 0.3) is 5.91 Å². The predicted octanol–water partition coefficient (Wildman–Crippen LogP) is 2.16. The number of benzene rings is 2. The van der Waals surface area contributed by atoms with Crippen LogP contribution in [0, 0.1) is 0 Å². The summed E-state index contributed by atoms with van der Waals surface area (Å²) in [4.78, 5) is 14.2. The number of anilines is 2. The normalized spacial score (nSPS) is 15.6. The number of nitrogen functional groups attached to an aromatic ring is 1. The zero-order valence-electron chi connectivity index (χ0n) is 10.6. The van der Waals surface area contributed by atoms with E-state index in [2.05, 4.69) is 0 Å². The monoisotopic (exact) mass is 268 g/mol. The molecule has 0 atom stereocenters. The van der Waals surface area contributed by atoms with E-state index in [1.807, 2.05) is 30.3 Å². The average Bonchev–Trinajstić information content (AvgIpc) is 3.03. The van der Waals surface area contributed by atoms with Gasteiger partial charge in [-0.25, -0.2) is 0 Å². The molecule has 0 spiro atoms. The number of ether oxygens (including phenoxy) is 2. The quantitative estimate of drug-likeness (QED) is 0.805. The number of rotatable bonds is 1. The van der Waals surface area contributed by atoms with Crippen molar-refractivity contribution in [1.82, 2.24) is 0 Å². The third-order valence-corrected chi connectivity index (χ3v) is 3.61. The Balaban J connectivity index is 1.73. The Labute approximate surface area is 115 Å². The molecule has 0 fully saturated rings. The van der Waals surface area contributed by atoms with Crippen molar-refractivity contribution in [3.63, 3.8) is 0 Å². The van der Waals surface area contributed by atoms with Crippen molar-refractivity contribution in [2.24, 2.45) is 0 Å². The third kappa shape index (κ3) is 1.53. The number of amides is 1. The zero-order chi connectivity index (χ0) is 13.7. The highest BCUT2D eigenvalue weighted by molar-refractivity contribution is 6.10. The third-order valence-electron chi connectivity index (χ3n) is 3.61. The summed E-state index contributed by atoms with van der Waals surface area (Å²) in [6.45, 7) is 0.775. The highest BCUT2D eigenvalue weighted by Gasteiger charge is 2.29. The van der Waals surface area contributed by atoms with Gasteiger partial charge in [0, 0.05) is 23.0 Å². The van der Waals surface area contributed by atoms with Crippen LogP contribution in [-0.2, 0) is 6.54 Å². The predicted molar refractivity (Wildman–Crippen MR) is 73.9 cm³/mol. The molecule has 2 aromatic carbocycles. The summed E-state index contributed by atoms with van der Waals surface area (Å²) >= 11 is 0. The van der Waals surface area contributed by atoms with Gasteiger partial charge in [0.05, 0.1) is 6.54 Å². The maximum Gasteiger partial charge on any atom is 0.259 e. The van der Waals surface area contributed by atoms with Crippen LogP contribution in [0.4, 0.5) is 11.4 Å². The van der Waals surface area contributed by atoms with E-state index in [4.69, 9.17) is 15.2 Å². The van der Waals surface area contributed by atoms with E-state index in [1.54, 1.807) is 11.0 Å². The number of hydrogen-bond donors (Lipinski definition) is 1. The molecule has 2 N–H and O–H groups in total. The highest BCUT2D eigenvalue weighted by atomic mass is 16.7. The summed E-state index contributed by atoms with van der Waals surface area (Å²) in [7, 11) is 0. The molecular weight excluding hydrogens is 256 g/mol. The second-order valence-corrected chi connectivity index (χ2v) is 4.85. The standard InChI is InChI=1S/C15H12N2O3/c16-10-2-1-9-7-17(15(18)12(9)5-10)11-3-4-13-14(6-11)20-8-19-13/h1-6H,7-8,16H2. The van der Waals surface area contributed by atoms with Crippen molar-refractivity contribution in [2.45, 2.75) is 6.54 Å². The summed E-state index contributed by atoms with van der Waals surface area (Å²) in [5.74, 6) is 1.35. The first-order chi connectivity index (χ1) is 9.72. The molecule has 2 aliphatic heterocycles. The van der Waals surface area contributed by atoms with Crippen molar-refractivity contribution in [1.29, 1.82) is 0 Å². The Morgan fingerprint density at radius 1 is 1.05 bits per heavy atom. The van der Waals surface area contributed by atoms with Crippen LogP contribution in [0.2, 0.25) is 0 Å². The molecule has 0 saturated carbocycles. The summed E-state index contributed by atoms with van der Waals surface area (Å²) in [6, 6.07) is 11.0. The highest BCUT2D eigenvalue weighted by Crippen LogP contribution is 2.38. The first-order valence-corrected chi connectivity index (χ1v) is 6.32. The fourth-order valence-electron chi connectivity index (χ4n) is 2.58. The second kappa shape index (κ2) is 3.90. The van der Waals surface area contributed by atoms with E-state index in [0.29, 0.717) is 29.3 Å². The van der Waals surface area contributed by atoms with Crippen LogP contribution in [-0.4, -0.2) is 12.7 Å². The molecule has 100 valence electrons. The first kappa shape index (κ1) is 11.2. The van der Waals surface area contributed by atoms with Gasteiger partial charge in [-0.15, -0.1) is 0 Å². The lowest BCUT2D eigenvalue weighted by Crippen LogP contribution is -2.22.